The van der Waals surface area contributed by atoms with Gasteiger partial charge >= 0.3 is 11.9 Å². The Labute approximate surface area is 220 Å². The maximum atomic E-state index is 11.9. The number of carboxylic acids is 1. The standard InChI is InChI=1S/C28H55NO7/c1-5-6-7-8-9-10-11-12-13-14-15-16-17-18-19-20-26(31)35-23-25(30)24-36-28(27(32)33)34-22-21-29(2,3)4/h25,28,30H,5-24H2,1-4H3/p+1. The van der Waals surface area contributed by atoms with Crippen LogP contribution >= 0.6 is 0 Å². The number of aliphatic hydroxyl groups excluding tert-OH is 1. The molecule has 8 heteroatoms. The second-order valence-corrected chi connectivity index (χ2v) is 10.9. The summed E-state index contributed by atoms with van der Waals surface area (Å²) in [4.78, 5) is 23.1. The van der Waals surface area contributed by atoms with E-state index >= 15 is 0 Å². The molecule has 2 atom stereocenters. The average molecular weight is 519 g/mol. The number of nitrogens with zero attached hydrogens (tertiary/aromatic N) is 1. The number of rotatable bonds is 26. The first-order valence-corrected chi connectivity index (χ1v) is 14.3. The SMILES string of the molecule is CCCCCCCCCCCCCCCCCC(=O)OCC(O)COC(OCC[N+](C)(C)C)C(=O)O. The minimum atomic E-state index is -1.46. The highest BCUT2D eigenvalue weighted by Gasteiger charge is 2.22. The maximum Gasteiger partial charge on any atom is 0.361 e. The largest absolute Gasteiger partial charge is 0.477 e. The number of hydrogen-bond acceptors (Lipinski definition) is 6. The molecular weight excluding hydrogens is 462 g/mol. The molecule has 0 aromatic heterocycles. The van der Waals surface area contributed by atoms with Crippen molar-refractivity contribution in [1.82, 2.24) is 0 Å². The molecule has 0 radical (unpaired) electrons. The molecule has 0 aromatic carbocycles. The number of carbonyl (C=O) groups excluding carboxylic acids is 1. The van der Waals surface area contributed by atoms with Gasteiger partial charge in [-0.1, -0.05) is 96.8 Å². The molecule has 0 bridgehead atoms. The van der Waals surface area contributed by atoms with Crippen LogP contribution in [0.2, 0.25) is 0 Å². The molecule has 2 N–H and O–H groups in total. The van der Waals surface area contributed by atoms with Gasteiger partial charge in [0.2, 0.25) is 0 Å². The molecule has 0 aliphatic heterocycles. The Hall–Kier alpha value is -1.22. The van der Waals surface area contributed by atoms with Gasteiger partial charge in [0.15, 0.2) is 0 Å². The molecule has 0 fully saturated rings. The predicted octanol–water partition coefficient (Wildman–Crippen LogP) is 5.30. The number of ether oxygens (including phenoxy) is 3. The number of hydrogen-bond donors (Lipinski definition) is 2. The van der Waals surface area contributed by atoms with Crippen LogP contribution in [0.5, 0.6) is 0 Å². The number of esters is 1. The first-order valence-electron chi connectivity index (χ1n) is 14.3. The Morgan fingerprint density at radius 1 is 0.722 bits per heavy atom. The summed E-state index contributed by atoms with van der Waals surface area (Å²) in [5.74, 6) is -1.61. The third-order valence-corrected chi connectivity index (χ3v) is 6.09. The number of quaternary nitrogens is 1. The van der Waals surface area contributed by atoms with Crippen molar-refractivity contribution in [2.75, 3.05) is 47.5 Å². The molecule has 0 saturated carbocycles. The monoisotopic (exact) mass is 518 g/mol. The van der Waals surface area contributed by atoms with E-state index in [1.165, 1.54) is 77.0 Å². The fourth-order valence-corrected chi connectivity index (χ4v) is 3.77. The lowest BCUT2D eigenvalue weighted by Crippen LogP contribution is -2.40. The molecule has 0 aliphatic carbocycles. The Morgan fingerprint density at radius 3 is 1.64 bits per heavy atom. The van der Waals surface area contributed by atoms with Crippen molar-refractivity contribution in [3.63, 3.8) is 0 Å². The summed E-state index contributed by atoms with van der Waals surface area (Å²) in [6.07, 6.45) is 16.8. The van der Waals surface area contributed by atoms with Gasteiger partial charge in [0.1, 0.15) is 19.3 Å². The summed E-state index contributed by atoms with van der Waals surface area (Å²) < 4.78 is 16.1. The van der Waals surface area contributed by atoms with Crippen LogP contribution in [0.4, 0.5) is 0 Å². The van der Waals surface area contributed by atoms with Crippen molar-refractivity contribution >= 4 is 11.9 Å². The molecule has 0 spiro atoms. The molecule has 214 valence electrons. The second-order valence-electron chi connectivity index (χ2n) is 10.9. The fraction of sp³-hybridized carbons (Fsp3) is 0.929. The second kappa shape index (κ2) is 22.9. The van der Waals surface area contributed by atoms with Crippen LogP contribution in [-0.4, -0.2) is 86.5 Å². The first-order chi connectivity index (χ1) is 17.2. The van der Waals surface area contributed by atoms with E-state index in [1.54, 1.807) is 0 Å². The van der Waals surface area contributed by atoms with Crippen molar-refractivity contribution < 1.29 is 38.5 Å². The van der Waals surface area contributed by atoms with E-state index in [2.05, 4.69) is 6.92 Å². The van der Waals surface area contributed by atoms with Crippen LogP contribution < -0.4 is 0 Å². The Balaban J connectivity index is 3.60. The smallest absolute Gasteiger partial charge is 0.361 e. The topological polar surface area (TPSA) is 102 Å². The zero-order valence-corrected chi connectivity index (χ0v) is 23.7. The summed E-state index contributed by atoms with van der Waals surface area (Å²) in [6.45, 7) is 2.58. The van der Waals surface area contributed by atoms with Gasteiger partial charge < -0.3 is 28.9 Å². The van der Waals surface area contributed by atoms with Crippen LogP contribution in [0.3, 0.4) is 0 Å². The Bertz CT molecular complexity index is 536. The summed E-state index contributed by atoms with van der Waals surface area (Å²) in [7, 11) is 5.91. The lowest BCUT2D eigenvalue weighted by molar-refractivity contribution is -0.870. The van der Waals surface area contributed by atoms with Gasteiger partial charge in [0, 0.05) is 6.42 Å². The van der Waals surface area contributed by atoms with Crippen molar-refractivity contribution in [3.8, 4) is 0 Å². The van der Waals surface area contributed by atoms with Crippen LogP contribution in [-0.2, 0) is 23.8 Å². The fourth-order valence-electron chi connectivity index (χ4n) is 3.77. The van der Waals surface area contributed by atoms with Gasteiger partial charge in [-0.05, 0) is 6.42 Å². The minimum Gasteiger partial charge on any atom is -0.477 e. The zero-order chi connectivity index (χ0) is 27.1. The number of aliphatic hydroxyl groups is 1. The van der Waals surface area contributed by atoms with E-state index in [-0.39, 0.29) is 25.8 Å². The molecule has 0 aromatic rings. The predicted molar refractivity (Wildman–Crippen MR) is 143 cm³/mol. The molecule has 0 amide bonds. The Morgan fingerprint density at radius 2 is 1.19 bits per heavy atom. The van der Waals surface area contributed by atoms with Crippen LogP contribution in [0.1, 0.15) is 110 Å². The third kappa shape index (κ3) is 24.5. The van der Waals surface area contributed by atoms with Gasteiger partial charge in [-0.15, -0.1) is 0 Å². The molecule has 0 saturated heterocycles. The zero-order valence-electron chi connectivity index (χ0n) is 23.7. The highest BCUT2D eigenvalue weighted by atomic mass is 16.7. The lowest BCUT2D eigenvalue weighted by atomic mass is 10.0. The van der Waals surface area contributed by atoms with Crippen molar-refractivity contribution in [1.29, 1.82) is 0 Å². The van der Waals surface area contributed by atoms with Gasteiger partial charge in [0.05, 0.1) is 34.4 Å². The van der Waals surface area contributed by atoms with Crippen LogP contribution in [0.25, 0.3) is 0 Å². The maximum absolute atomic E-state index is 11.9. The number of aliphatic carboxylic acids is 1. The Kier molecular flexibility index (Phi) is 22.2. The van der Waals surface area contributed by atoms with Gasteiger partial charge in [-0.3, -0.25) is 4.79 Å². The van der Waals surface area contributed by atoms with E-state index in [0.717, 1.165) is 19.3 Å². The van der Waals surface area contributed by atoms with Crippen molar-refractivity contribution in [2.45, 2.75) is 122 Å². The molecule has 8 nitrogen and oxygen atoms in total. The number of carboxylic acid groups (broad SMARTS) is 1. The highest BCUT2D eigenvalue weighted by Crippen LogP contribution is 2.14. The van der Waals surface area contributed by atoms with E-state index in [0.29, 0.717) is 17.4 Å². The van der Waals surface area contributed by atoms with Crippen molar-refractivity contribution in [2.24, 2.45) is 0 Å². The minimum absolute atomic E-state index is 0.213. The number of unbranched alkanes of at least 4 members (excludes halogenated alkanes) is 14. The first kappa shape index (κ1) is 34.8. The van der Waals surface area contributed by atoms with E-state index in [9.17, 15) is 19.8 Å². The highest BCUT2D eigenvalue weighted by molar-refractivity contribution is 5.70. The molecular formula is C28H56NO7+. The van der Waals surface area contributed by atoms with Crippen LogP contribution in [0, 0.1) is 0 Å². The summed E-state index contributed by atoms with van der Waals surface area (Å²) in [5.41, 5.74) is 0. The van der Waals surface area contributed by atoms with Crippen molar-refractivity contribution in [3.05, 3.63) is 0 Å². The van der Waals surface area contributed by atoms with Crippen LogP contribution in [0.15, 0.2) is 0 Å². The van der Waals surface area contributed by atoms with E-state index < -0.39 is 18.4 Å². The van der Waals surface area contributed by atoms with Gasteiger partial charge in [-0.2, -0.15) is 0 Å². The summed E-state index contributed by atoms with van der Waals surface area (Å²) in [5, 5.41) is 19.1. The molecule has 0 rings (SSSR count). The molecule has 0 heterocycles. The third-order valence-electron chi connectivity index (χ3n) is 6.09. The summed E-state index contributed by atoms with van der Waals surface area (Å²) in [6, 6.07) is 0. The average Bonchev–Trinajstić information content (AvgIpc) is 2.81. The number of likely N-dealkylation sites (N-methyl/N-ethyl adjacent to an activating group) is 1. The normalized spacial score (nSPS) is 13.5. The van der Waals surface area contributed by atoms with Gasteiger partial charge in [-0.25, -0.2) is 4.79 Å². The van der Waals surface area contributed by atoms with E-state index in [4.69, 9.17) is 14.2 Å². The molecule has 2 unspecified atom stereocenters. The summed E-state index contributed by atoms with van der Waals surface area (Å²) >= 11 is 0. The quantitative estimate of drug-likeness (QED) is 0.0693. The van der Waals surface area contributed by atoms with E-state index in [1.807, 2.05) is 21.1 Å². The van der Waals surface area contributed by atoms with Gasteiger partial charge in [0.25, 0.3) is 6.29 Å². The number of carbonyl (C=O) groups is 2. The lowest BCUT2D eigenvalue weighted by Gasteiger charge is -2.24. The molecule has 36 heavy (non-hydrogen) atoms. The molecule has 0 aliphatic rings.